The number of hydrogen-bond donors (Lipinski definition) is 1. The fraction of sp³-hybridized carbons (Fsp3) is 0.833. The van der Waals surface area contributed by atoms with E-state index in [4.69, 9.17) is 24.7 Å². The van der Waals surface area contributed by atoms with Gasteiger partial charge in [0.25, 0.3) is 0 Å². The Kier molecular flexibility index (Phi) is 13.5. The number of aliphatic imine (C=N–C) groups is 1. The zero-order valence-electron chi connectivity index (χ0n) is 27.1. The summed E-state index contributed by atoms with van der Waals surface area (Å²) in [4.78, 5) is 60.9. The van der Waals surface area contributed by atoms with E-state index in [2.05, 4.69) is 9.89 Å². The van der Waals surface area contributed by atoms with Crippen molar-refractivity contribution in [3.05, 3.63) is 0 Å². The highest BCUT2D eigenvalue weighted by atomic mass is 16.6. The zero-order valence-corrected chi connectivity index (χ0v) is 27.1. The number of amides is 2. The van der Waals surface area contributed by atoms with Crippen LogP contribution in [0.25, 0.3) is 0 Å². The lowest BCUT2D eigenvalue weighted by Crippen LogP contribution is -2.54. The van der Waals surface area contributed by atoms with Crippen molar-refractivity contribution < 1.29 is 38.1 Å². The summed E-state index contributed by atoms with van der Waals surface area (Å²) in [6, 6.07) is -0.661. The molecule has 0 spiro atoms. The summed E-state index contributed by atoms with van der Waals surface area (Å²) in [6.45, 7) is 15.3. The Bertz CT molecular complexity index is 1000. The van der Waals surface area contributed by atoms with Crippen molar-refractivity contribution in [2.24, 2.45) is 16.6 Å². The molecule has 3 fully saturated rings. The van der Waals surface area contributed by atoms with Crippen LogP contribution in [-0.4, -0.2) is 140 Å². The monoisotopic (exact) mass is 624 g/mol. The molecule has 250 valence electrons. The Morgan fingerprint density at radius 2 is 1.68 bits per heavy atom. The van der Waals surface area contributed by atoms with E-state index in [0.29, 0.717) is 51.7 Å². The largest absolute Gasteiger partial charge is 0.466 e. The zero-order chi connectivity index (χ0) is 32.3. The number of cyclic esters (lactones) is 1. The molecular formula is C30H52N6O8. The first-order valence-corrected chi connectivity index (χ1v) is 15.9. The molecule has 44 heavy (non-hydrogen) atoms. The minimum atomic E-state index is -0.677. The molecule has 0 aromatic rings. The molecule has 3 aliphatic heterocycles. The molecule has 2 N–H and O–H groups in total. The standard InChI is InChI=1S/C30H52N6O8/c1-6-41-25(37)19-24(26(38)42-7-2)34-17-15-33(16-18-34)20-23-21-36(29(40)43-23)12-8-9-22-10-13-35(14-11-22)27(31)32-28(39)44-30(3,4)5/h22-24H,6-21H2,1-5H3,(H2,31,32,39). The smallest absolute Gasteiger partial charge is 0.437 e. The molecule has 0 aromatic carbocycles. The number of piperidine rings is 1. The van der Waals surface area contributed by atoms with Crippen LogP contribution in [0.1, 0.15) is 66.7 Å². The molecule has 2 atom stereocenters. The third-order valence-electron chi connectivity index (χ3n) is 8.06. The van der Waals surface area contributed by atoms with Crippen LogP contribution in [-0.2, 0) is 28.5 Å². The van der Waals surface area contributed by atoms with Gasteiger partial charge in [0.15, 0.2) is 0 Å². The summed E-state index contributed by atoms with van der Waals surface area (Å²) in [5, 5.41) is 0. The highest BCUT2D eigenvalue weighted by Crippen LogP contribution is 2.23. The third-order valence-corrected chi connectivity index (χ3v) is 8.06. The molecule has 0 radical (unpaired) electrons. The fourth-order valence-electron chi connectivity index (χ4n) is 5.85. The Hall–Kier alpha value is -3.13. The topological polar surface area (TPSA) is 157 Å². The molecule has 2 unspecified atom stereocenters. The van der Waals surface area contributed by atoms with E-state index in [-0.39, 0.29) is 37.8 Å². The molecule has 3 heterocycles. The molecule has 14 heteroatoms. The first-order valence-electron chi connectivity index (χ1n) is 15.9. The molecular weight excluding hydrogens is 572 g/mol. The number of guanidine groups is 1. The summed E-state index contributed by atoms with van der Waals surface area (Å²) < 4.78 is 21.2. The van der Waals surface area contributed by atoms with Gasteiger partial charge >= 0.3 is 24.1 Å². The van der Waals surface area contributed by atoms with Crippen LogP contribution >= 0.6 is 0 Å². The van der Waals surface area contributed by atoms with Crippen LogP contribution < -0.4 is 5.73 Å². The fourth-order valence-corrected chi connectivity index (χ4v) is 5.85. The van der Waals surface area contributed by atoms with E-state index in [1.54, 1.807) is 39.5 Å². The number of esters is 2. The van der Waals surface area contributed by atoms with Crippen molar-refractivity contribution in [3.63, 3.8) is 0 Å². The Labute approximate surface area is 261 Å². The molecule has 14 nitrogen and oxygen atoms in total. The van der Waals surface area contributed by atoms with Crippen LogP contribution in [0.15, 0.2) is 4.99 Å². The Balaban J connectivity index is 1.35. The van der Waals surface area contributed by atoms with Gasteiger partial charge < -0.3 is 34.5 Å². The van der Waals surface area contributed by atoms with Crippen molar-refractivity contribution in [2.75, 3.05) is 72.1 Å². The van der Waals surface area contributed by atoms with Gasteiger partial charge in [0.2, 0.25) is 5.96 Å². The van der Waals surface area contributed by atoms with E-state index < -0.39 is 29.7 Å². The number of likely N-dealkylation sites (tertiary alicyclic amines) is 1. The second kappa shape index (κ2) is 16.8. The number of hydrogen-bond acceptors (Lipinski definition) is 10. The maximum Gasteiger partial charge on any atom is 0.437 e. The number of carbonyl (C=O) groups is 4. The van der Waals surface area contributed by atoms with Gasteiger partial charge in [-0.1, -0.05) is 0 Å². The van der Waals surface area contributed by atoms with Crippen LogP contribution in [0.4, 0.5) is 9.59 Å². The van der Waals surface area contributed by atoms with Crippen molar-refractivity contribution in [1.29, 1.82) is 0 Å². The summed E-state index contributed by atoms with van der Waals surface area (Å²) in [5.41, 5.74) is 5.42. The average molecular weight is 625 g/mol. The maximum absolute atomic E-state index is 12.5. The highest BCUT2D eigenvalue weighted by Gasteiger charge is 2.36. The number of ether oxygens (including phenoxy) is 4. The van der Waals surface area contributed by atoms with Crippen LogP contribution in [0.5, 0.6) is 0 Å². The minimum Gasteiger partial charge on any atom is -0.466 e. The summed E-state index contributed by atoms with van der Waals surface area (Å²) in [7, 11) is 0. The quantitative estimate of drug-likeness (QED) is 0.146. The first-order chi connectivity index (χ1) is 20.9. The lowest BCUT2D eigenvalue weighted by Gasteiger charge is -2.38. The molecule has 2 amide bonds. The summed E-state index contributed by atoms with van der Waals surface area (Å²) in [5.74, 6) is -0.101. The predicted molar refractivity (Wildman–Crippen MR) is 163 cm³/mol. The van der Waals surface area contributed by atoms with E-state index in [0.717, 1.165) is 38.8 Å². The lowest BCUT2D eigenvalue weighted by molar-refractivity contribution is -0.157. The average Bonchev–Trinajstić information content (AvgIpc) is 3.30. The van der Waals surface area contributed by atoms with Gasteiger partial charge in [0.05, 0.1) is 26.2 Å². The number of nitrogens with zero attached hydrogens (tertiary/aromatic N) is 5. The van der Waals surface area contributed by atoms with E-state index >= 15 is 0 Å². The summed E-state index contributed by atoms with van der Waals surface area (Å²) in [6.07, 6.45) is 2.60. The van der Waals surface area contributed by atoms with Gasteiger partial charge in [-0.2, -0.15) is 0 Å². The van der Waals surface area contributed by atoms with E-state index in [1.807, 2.05) is 9.80 Å². The maximum atomic E-state index is 12.5. The highest BCUT2D eigenvalue weighted by molar-refractivity contribution is 5.89. The van der Waals surface area contributed by atoms with Crippen LogP contribution in [0.2, 0.25) is 0 Å². The number of carbonyl (C=O) groups excluding carboxylic acids is 4. The van der Waals surface area contributed by atoms with E-state index in [1.165, 1.54) is 0 Å². The van der Waals surface area contributed by atoms with Gasteiger partial charge in [-0.3, -0.25) is 19.4 Å². The number of piperazine rings is 1. The molecule has 0 bridgehead atoms. The van der Waals surface area contributed by atoms with Gasteiger partial charge in [-0.25, -0.2) is 9.59 Å². The number of nitrogens with two attached hydrogens (primary N) is 1. The van der Waals surface area contributed by atoms with Crippen molar-refractivity contribution in [2.45, 2.75) is 84.5 Å². The Morgan fingerprint density at radius 1 is 1.02 bits per heavy atom. The summed E-state index contributed by atoms with van der Waals surface area (Å²) >= 11 is 0. The van der Waals surface area contributed by atoms with Gasteiger partial charge in [-0.05, 0) is 66.2 Å². The van der Waals surface area contributed by atoms with Crippen molar-refractivity contribution in [3.8, 4) is 0 Å². The normalized spacial score (nSPS) is 21.6. The Morgan fingerprint density at radius 3 is 2.30 bits per heavy atom. The minimum absolute atomic E-state index is 0.0304. The molecule has 3 rings (SSSR count). The van der Waals surface area contributed by atoms with Gasteiger partial charge in [0, 0.05) is 52.4 Å². The van der Waals surface area contributed by atoms with E-state index in [9.17, 15) is 19.2 Å². The molecule has 0 aromatic heterocycles. The first kappa shape index (κ1) is 35.4. The third kappa shape index (κ3) is 11.4. The molecule has 0 saturated carbocycles. The molecule has 3 saturated heterocycles. The SMILES string of the molecule is CCOC(=O)CC(C(=O)OCC)N1CCN(CC2CN(CCCC3CCN(C(N)=NC(=O)OC(C)(C)C)CC3)C(=O)O2)CC1. The predicted octanol–water partition coefficient (Wildman–Crippen LogP) is 2.05. The van der Waals surface area contributed by atoms with Crippen LogP contribution in [0.3, 0.4) is 0 Å². The molecule has 3 aliphatic rings. The van der Waals surface area contributed by atoms with Crippen molar-refractivity contribution in [1.82, 2.24) is 19.6 Å². The second-order valence-corrected chi connectivity index (χ2v) is 12.6. The van der Waals surface area contributed by atoms with Crippen LogP contribution in [0, 0.1) is 5.92 Å². The number of rotatable bonds is 12. The van der Waals surface area contributed by atoms with Crippen molar-refractivity contribution >= 4 is 30.1 Å². The second-order valence-electron chi connectivity index (χ2n) is 12.6. The molecule has 0 aliphatic carbocycles. The lowest BCUT2D eigenvalue weighted by atomic mass is 9.92. The van der Waals surface area contributed by atoms with Gasteiger partial charge in [-0.15, -0.1) is 4.99 Å². The van der Waals surface area contributed by atoms with Gasteiger partial charge in [0.1, 0.15) is 17.7 Å².